The van der Waals surface area contributed by atoms with E-state index in [1.165, 1.54) is 52.7 Å². The van der Waals surface area contributed by atoms with Crippen LogP contribution in [0.5, 0.6) is 23.0 Å². The Balaban J connectivity index is 2.03. The number of halogens is 1. The maximum absolute atomic E-state index is 12.2. The number of anilines is 1. The van der Waals surface area contributed by atoms with E-state index >= 15 is 0 Å². The molecule has 2 rings (SSSR count). The van der Waals surface area contributed by atoms with Crippen molar-refractivity contribution in [1.29, 1.82) is 0 Å². The van der Waals surface area contributed by atoms with Crippen LogP contribution in [-0.4, -0.2) is 46.9 Å². The number of hydrogen-bond acceptors (Lipinski definition) is 7. The van der Waals surface area contributed by atoms with Crippen LogP contribution in [-0.2, 0) is 9.53 Å². The van der Waals surface area contributed by atoms with Crippen molar-refractivity contribution in [2.75, 3.05) is 40.4 Å². The molecule has 28 heavy (non-hydrogen) atoms. The zero-order valence-corrected chi connectivity index (χ0v) is 16.6. The van der Waals surface area contributed by atoms with Crippen molar-refractivity contribution in [2.24, 2.45) is 0 Å². The zero-order chi connectivity index (χ0) is 20.7. The summed E-state index contributed by atoms with van der Waals surface area (Å²) in [6.45, 7) is -0.500. The third-order valence-electron chi connectivity index (χ3n) is 3.70. The summed E-state index contributed by atoms with van der Waals surface area (Å²) in [5.41, 5.74) is 0.538. The lowest BCUT2D eigenvalue weighted by atomic mass is 10.2. The maximum Gasteiger partial charge on any atom is 0.338 e. The Morgan fingerprint density at radius 2 is 1.50 bits per heavy atom. The predicted octanol–water partition coefficient (Wildman–Crippen LogP) is 3.17. The smallest absolute Gasteiger partial charge is 0.338 e. The molecule has 0 bridgehead atoms. The third kappa shape index (κ3) is 4.98. The molecule has 0 fully saturated rings. The van der Waals surface area contributed by atoms with Crippen molar-refractivity contribution in [3.8, 4) is 23.0 Å². The second-order valence-electron chi connectivity index (χ2n) is 5.38. The van der Waals surface area contributed by atoms with Crippen molar-refractivity contribution in [3.63, 3.8) is 0 Å². The van der Waals surface area contributed by atoms with E-state index in [0.717, 1.165) is 0 Å². The first-order valence-electron chi connectivity index (χ1n) is 8.04. The van der Waals surface area contributed by atoms with Crippen LogP contribution in [0.3, 0.4) is 0 Å². The Morgan fingerprint density at radius 1 is 0.857 bits per heavy atom. The fourth-order valence-corrected chi connectivity index (χ4v) is 2.56. The van der Waals surface area contributed by atoms with Gasteiger partial charge in [-0.05, 0) is 24.3 Å². The number of nitrogens with one attached hydrogen (secondary N) is 1. The number of methoxy groups -OCH3 is 4. The quantitative estimate of drug-likeness (QED) is 0.669. The van der Waals surface area contributed by atoms with Gasteiger partial charge in [0.05, 0.1) is 44.7 Å². The second-order valence-corrected chi connectivity index (χ2v) is 5.79. The van der Waals surface area contributed by atoms with Gasteiger partial charge in [-0.15, -0.1) is 0 Å². The Morgan fingerprint density at radius 3 is 2.11 bits per heavy atom. The second kappa shape index (κ2) is 9.70. The molecular weight excluding hydrogens is 390 g/mol. The number of ether oxygens (including phenoxy) is 5. The van der Waals surface area contributed by atoms with Gasteiger partial charge in [0, 0.05) is 6.07 Å². The summed E-state index contributed by atoms with van der Waals surface area (Å²) in [7, 11) is 5.84. The topological polar surface area (TPSA) is 92.3 Å². The van der Waals surface area contributed by atoms with Crippen LogP contribution in [0.25, 0.3) is 0 Å². The molecule has 1 N–H and O–H groups in total. The van der Waals surface area contributed by atoms with Gasteiger partial charge < -0.3 is 29.0 Å². The van der Waals surface area contributed by atoms with Gasteiger partial charge in [-0.2, -0.15) is 0 Å². The molecule has 2 aromatic rings. The molecule has 0 aliphatic rings. The largest absolute Gasteiger partial charge is 0.495 e. The Kier molecular flexibility index (Phi) is 7.34. The third-order valence-corrected chi connectivity index (χ3v) is 4.00. The Hall–Kier alpha value is -3.13. The number of benzene rings is 2. The van der Waals surface area contributed by atoms with E-state index in [2.05, 4.69) is 5.32 Å². The minimum Gasteiger partial charge on any atom is -0.495 e. The lowest BCUT2D eigenvalue weighted by Gasteiger charge is -2.13. The van der Waals surface area contributed by atoms with E-state index < -0.39 is 18.5 Å². The van der Waals surface area contributed by atoms with Crippen molar-refractivity contribution >= 4 is 29.2 Å². The van der Waals surface area contributed by atoms with Crippen LogP contribution in [0.4, 0.5) is 5.69 Å². The van der Waals surface area contributed by atoms with Crippen molar-refractivity contribution < 1.29 is 33.3 Å². The highest BCUT2D eigenvalue weighted by molar-refractivity contribution is 6.32. The number of rotatable bonds is 8. The Bertz CT molecular complexity index is 870. The molecule has 1 amide bonds. The number of hydrogen-bond donors (Lipinski definition) is 1. The molecule has 0 atom stereocenters. The zero-order valence-electron chi connectivity index (χ0n) is 15.8. The van der Waals surface area contributed by atoms with Crippen LogP contribution in [0, 0.1) is 0 Å². The highest BCUT2D eigenvalue weighted by Gasteiger charge is 2.16. The van der Waals surface area contributed by atoms with Crippen molar-refractivity contribution in [2.45, 2.75) is 0 Å². The first kappa shape index (κ1) is 21.2. The minimum absolute atomic E-state index is 0.218. The molecule has 0 aromatic heterocycles. The van der Waals surface area contributed by atoms with Crippen molar-refractivity contribution in [1.82, 2.24) is 0 Å². The summed E-state index contributed by atoms with van der Waals surface area (Å²) in [5.74, 6) is 0.348. The monoisotopic (exact) mass is 409 g/mol. The molecule has 150 valence electrons. The summed E-state index contributed by atoms with van der Waals surface area (Å²) in [4.78, 5) is 24.3. The van der Waals surface area contributed by atoms with E-state index in [4.69, 9.17) is 35.3 Å². The van der Waals surface area contributed by atoms with Gasteiger partial charge in [0.25, 0.3) is 5.91 Å². The van der Waals surface area contributed by atoms with E-state index in [0.29, 0.717) is 33.7 Å². The molecule has 0 saturated heterocycles. The summed E-state index contributed by atoms with van der Waals surface area (Å²) >= 11 is 6.06. The normalized spacial score (nSPS) is 10.0. The number of carbonyl (C=O) groups excluding carboxylic acids is 2. The summed E-state index contributed by atoms with van der Waals surface area (Å²) in [6.07, 6.45) is 0. The van der Waals surface area contributed by atoms with Crippen LogP contribution < -0.4 is 24.3 Å². The first-order valence-corrected chi connectivity index (χ1v) is 8.41. The molecule has 0 aliphatic carbocycles. The van der Waals surface area contributed by atoms with Crippen LogP contribution in [0.1, 0.15) is 10.4 Å². The summed E-state index contributed by atoms with van der Waals surface area (Å²) in [5, 5.41) is 2.87. The summed E-state index contributed by atoms with van der Waals surface area (Å²) < 4.78 is 25.6. The van der Waals surface area contributed by atoms with Gasteiger partial charge in [0.1, 0.15) is 11.5 Å². The maximum atomic E-state index is 12.2. The molecule has 0 radical (unpaired) electrons. The van der Waals surface area contributed by atoms with Gasteiger partial charge in [0.2, 0.25) is 0 Å². The lowest BCUT2D eigenvalue weighted by molar-refractivity contribution is -0.119. The standard InChI is InChI=1S/C19H20ClNO7/c1-24-14-6-5-11(7-17(14)27-4)19(23)28-10-18(22)21-13-8-12(20)15(25-2)9-16(13)26-3/h5-9H,10H2,1-4H3,(H,21,22). The fourth-order valence-electron chi connectivity index (χ4n) is 2.32. The molecule has 2 aromatic carbocycles. The van der Waals surface area contributed by atoms with E-state index in [1.807, 2.05) is 0 Å². The summed E-state index contributed by atoms with van der Waals surface area (Å²) in [6, 6.07) is 7.56. The van der Waals surface area contributed by atoms with E-state index in [-0.39, 0.29) is 5.56 Å². The van der Waals surface area contributed by atoms with Crippen LogP contribution in [0.15, 0.2) is 30.3 Å². The average Bonchev–Trinajstić information content (AvgIpc) is 2.71. The molecule has 0 aliphatic heterocycles. The number of carbonyl (C=O) groups is 2. The molecular formula is C19H20ClNO7. The van der Waals surface area contributed by atoms with E-state index in [1.54, 1.807) is 6.07 Å². The predicted molar refractivity (Wildman–Crippen MR) is 103 cm³/mol. The SMILES string of the molecule is COc1cc(OC)c(NC(=O)COC(=O)c2ccc(OC)c(OC)c2)cc1Cl. The molecule has 0 heterocycles. The number of esters is 1. The molecule has 0 unspecified atom stereocenters. The van der Waals surface area contributed by atoms with Crippen LogP contribution >= 0.6 is 11.6 Å². The van der Waals surface area contributed by atoms with E-state index in [9.17, 15) is 9.59 Å². The molecule has 0 spiro atoms. The highest BCUT2D eigenvalue weighted by Crippen LogP contribution is 2.35. The Labute approximate surface area is 167 Å². The minimum atomic E-state index is -0.684. The highest BCUT2D eigenvalue weighted by atomic mass is 35.5. The molecule has 8 nitrogen and oxygen atoms in total. The van der Waals surface area contributed by atoms with Crippen LogP contribution in [0.2, 0.25) is 5.02 Å². The fraction of sp³-hybridized carbons (Fsp3) is 0.263. The molecule has 9 heteroatoms. The van der Waals surface area contributed by atoms with Crippen molar-refractivity contribution in [3.05, 3.63) is 40.9 Å². The first-order chi connectivity index (χ1) is 13.4. The van der Waals surface area contributed by atoms with Gasteiger partial charge in [-0.1, -0.05) is 11.6 Å². The van der Waals surface area contributed by atoms with Gasteiger partial charge in [-0.25, -0.2) is 4.79 Å². The number of amides is 1. The van der Waals surface area contributed by atoms with Gasteiger partial charge in [0.15, 0.2) is 18.1 Å². The van der Waals surface area contributed by atoms with Gasteiger partial charge in [-0.3, -0.25) is 4.79 Å². The van der Waals surface area contributed by atoms with Gasteiger partial charge >= 0.3 is 5.97 Å². The average molecular weight is 410 g/mol. The molecule has 0 saturated carbocycles. The lowest BCUT2D eigenvalue weighted by Crippen LogP contribution is -2.21.